The highest BCUT2D eigenvalue weighted by Crippen LogP contribution is 2.12. The van der Waals surface area contributed by atoms with E-state index in [2.05, 4.69) is 65.8 Å². The Morgan fingerprint density at radius 2 is 0.509 bits per heavy atom. The Kier molecular flexibility index (Phi) is 88.6. The van der Waals surface area contributed by atoms with Gasteiger partial charge in [0.1, 0.15) is 6.29 Å². The van der Waals surface area contributed by atoms with Crippen LogP contribution in [0.1, 0.15) is 287 Å². The van der Waals surface area contributed by atoms with Crippen molar-refractivity contribution in [1.29, 1.82) is 0 Å². The summed E-state index contributed by atoms with van der Waals surface area (Å²) < 4.78 is 0. The van der Waals surface area contributed by atoms with E-state index >= 15 is 0 Å². The smallest absolute Gasteiger partial charge is 0.119 e. The number of halogens is 1. The standard InChI is InChI=1S/C16H32O.C16H32.C11H22O.C6H14.CH4.BrH/c1-2-3-4-5-6-7-8-9-10-11-12-13-14-15-16-17;1-3-5-7-9-11-13-15-16-14-12-10-8-6-4-2;1-2-3-4-5-6-7-8-9-10-11-12;1-3-5-6-4-2;;/h5-6,17H,2-4,7-16H2,1H3;9,11H,3-8,10,12-16H2,1-2H3;11H,2-10H2,1H3;3-6H2,1-2H3;1H4;1H/p-1/b6-5-;11-9-;;;;. The van der Waals surface area contributed by atoms with Gasteiger partial charge >= 0.3 is 0 Å². The summed E-state index contributed by atoms with van der Waals surface area (Å²) in [4.78, 5) is 9.98. The quantitative estimate of drug-likeness (QED) is 0.0385. The van der Waals surface area contributed by atoms with Gasteiger partial charge in [0.15, 0.2) is 0 Å². The minimum atomic E-state index is 0. The summed E-state index contributed by atoms with van der Waals surface area (Å²) in [7, 11) is 0. The van der Waals surface area contributed by atoms with Crippen molar-refractivity contribution in [3.05, 3.63) is 24.3 Å². The summed E-state index contributed by atoms with van der Waals surface area (Å²) in [5.74, 6) is 0. The normalized spacial score (nSPS) is 10.4. The summed E-state index contributed by atoms with van der Waals surface area (Å²) in [5.41, 5.74) is 0. The molecule has 0 aromatic heterocycles. The van der Waals surface area contributed by atoms with Crippen LogP contribution in [0.15, 0.2) is 24.3 Å². The molecule has 53 heavy (non-hydrogen) atoms. The number of aldehydes is 1. The fraction of sp³-hybridized carbons (Fsp3) is 0.900. The van der Waals surface area contributed by atoms with E-state index in [9.17, 15) is 4.79 Å². The fourth-order valence-corrected chi connectivity index (χ4v) is 5.81. The molecule has 0 rings (SSSR count). The van der Waals surface area contributed by atoms with Crippen LogP contribution >= 0.6 is 0 Å². The Bertz CT molecular complexity index is 584. The van der Waals surface area contributed by atoms with Crippen molar-refractivity contribution in [1.82, 2.24) is 0 Å². The number of carbonyl (C=O) groups is 1. The average Bonchev–Trinajstić information content (AvgIpc) is 3.15. The average molecular weight is 817 g/mol. The third-order valence-corrected chi connectivity index (χ3v) is 9.42. The fourth-order valence-electron chi connectivity index (χ4n) is 5.81. The second kappa shape index (κ2) is 72.8. The Morgan fingerprint density at radius 1 is 0.302 bits per heavy atom. The van der Waals surface area contributed by atoms with Gasteiger partial charge in [0.2, 0.25) is 0 Å². The molecule has 3 heteroatoms. The lowest BCUT2D eigenvalue weighted by molar-refractivity contribution is -0.107. The summed E-state index contributed by atoms with van der Waals surface area (Å²) in [6.45, 7) is 13.9. The minimum absolute atomic E-state index is 0. The van der Waals surface area contributed by atoms with Crippen molar-refractivity contribution in [3.8, 4) is 0 Å². The van der Waals surface area contributed by atoms with E-state index in [0.717, 1.165) is 25.5 Å². The first-order valence-corrected chi connectivity index (χ1v) is 23.5. The van der Waals surface area contributed by atoms with Crippen LogP contribution in [0.2, 0.25) is 0 Å². The number of rotatable bonds is 37. The highest BCUT2D eigenvalue weighted by Gasteiger charge is 1.93. The van der Waals surface area contributed by atoms with Crippen molar-refractivity contribution < 1.29 is 26.9 Å². The van der Waals surface area contributed by atoms with E-state index in [1.54, 1.807) is 0 Å². The number of carbonyl (C=O) groups excluding carboxylic acids is 1. The second-order valence-electron chi connectivity index (χ2n) is 15.0. The van der Waals surface area contributed by atoms with Crippen LogP contribution in [0.3, 0.4) is 0 Å². The largest absolute Gasteiger partial charge is 1.00 e. The van der Waals surface area contributed by atoms with E-state index in [4.69, 9.17) is 5.11 Å². The van der Waals surface area contributed by atoms with Crippen LogP contribution in [-0.2, 0) is 4.79 Å². The molecule has 1 N–H and O–H groups in total. The summed E-state index contributed by atoms with van der Waals surface area (Å²) in [5, 5.41) is 8.64. The first-order valence-electron chi connectivity index (χ1n) is 23.5. The second-order valence-corrected chi connectivity index (χ2v) is 15.0. The highest BCUT2D eigenvalue weighted by atomic mass is 79.9. The lowest BCUT2D eigenvalue weighted by Crippen LogP contribution is -3.00. The molecule has 0 aliphatic rings. The molecule has 0 heterocycles. The maximum absolute atomic E-state index is 9.98. The molecule has 324 valence electrons. The molecule has 0 radical (unpaired) electrons. The Morgan fingerprint density at radius 3 is 0.774 bits per heavy atom. The monoisotopic (exact) mass is 816 g/mol. The third-order valence-electron chi connectivity index (χ3n) is 9.42. The number of hydrogen-bond acceptors (Lipinski definition) is 2. The molecule has 0 amide bonds. The summed E-state index contributed by atoms with van der Waals surface area (Å²) in [6, 6.07) is 0. The first-order chi connectivity index (χ1) is 25.2. The van der Waals surface area contributed by atoms with Crippen molar-refractivity contribution in [3.63, 3.8) is 0 Å². The molecule has 0 aromatic rings. The topological polar surface area (TPSA) is 37.3 Å². The maximum Gasteiger partial charge on any atom is 0.119 e. The predicted octanol–water partition coefficient (Wildman–Crippen LogP) is 15.4. The van der Waals surface area contributed by atoms with Gasteiger partial charge in [-0.05, 0) is 51.4 Å². The van der Waals surface area contributed by atoms with Gasteiger partial charge < -0.3 is 26.9 Å². The predicted molar refractivity (Wildman–Crippen MR) is 243 cm³/mol. The Hall–Kier alpha value is -0.410. The Labute approximate surface area is 349 Å². The van der Waals surface area contributed by atoms with Crippen LogP contribution in [0.25, 0.3) is 0 Å². The zero-order chi connectivity index (χ0) is 38.4. The molecule has 0 fully saturated rings. The van der Waals surface area contributed by atoms with Gasteiger partial charge in [0.05, 0.1) is 0 Å². The van der Waals surface area contributed by atoms with Crippen LogP contribution in [0, 0.1) is 0 Å². The molecule has 0 saturated heterocycles. The number of allylic oxidation sites excluding steroid dienone is 4. The minimum Gasteiger partial charge on any atom is -1.00 e. The molecule has 0 spiro atoms. The van der Waals surface area contributed by atoms with Crippen molar-refractivity contribution in [2.45, 2.75) is 287 Å². The zero-order valence-electron chi connectivity index (χ0n) is 37.0. The maximum atomic E-state index is 9.98. The molecular weight excluding hydrogens is 712 g/mol. The molecule has 2 nitrogen and oxygen atoms in total. The Balaban J connectivity index is -0.000000144. The van der Waals surface area contributed by atoms with Gasteiger partial charge in [-0.2, -0.15) is 0 Å². The van der Waals surface area contributed by atoms with Crippen molar-refractivity contribution in [2.75, 3.05) is 6.61 Å². The van der Waals surface area contributed by atoms with Crippen LogP contribution in [0.5, 0.6) is 0 Å². The molecular formula is C50H104BrO2-. The van der Waals surface area contributed by atoms with E-state index in [0.29, 0.717) is 6.61 Å². The molecule has 0 aromatic carbocycles. The molecule has 0 atom stereocenters. The van der Waals surface area contributed by atoms with Gasteiger partial charge in [-0.15, -0.1) is 0 Å². The van der Waals surface area contributed by atoms with E-state index in [-0.39, 0.29) is 24.4 Å². The van der Waals surface area contributed by atoms with E-state index in [1.165, 1.54) is 218 Å². The molecule has 0 aliphatic carbocycles. The van der Waals surface area contributed by atoms with Crippen LogP contribution < -0.4 is 17.0 Å². The van der Waals surface area contributed by atoms with Gasteiger partial charge in [0, 0.05) is 13.0 Å². The third kappa shape index (κ3) is 85.2. The molecule has 0 unspecified atom stereocenters. The van der Waals surface area contributed by atoms with E-state index in [1.807, 2.05) is 0 Å². The first kappa shape index (κ1) is 64.5. The molecule has 0 bridgehead atoms. The number of hydrogen-bond donors (Lipinski definition) is 1. The summed E-state index contributed by atoms with van der Waals surface area (Å²) in [6.07, 6.45) is 59.5. The summed E-state index contributed by atoms with van der Waals surface area (Å²) >= 11 is 0. The van der Waals surface area contributed by atoms with E-state index < -0.39 is 0 Å². The van der Waals surface area contributed by atoms with Gasteiger partial charge in [0.25, 0.3) is 0 Å². The van der Waals surface area contributed by atoms with Crippen LogP contribution in [0.4, 0.5) is 0 Å². The number of aliphatic hydroxyl groups is 1. The van der Waals surface area contributed by atoms with Gasteiger partial charge in [-0.3, -0.25) is 0 Å². The van der Waals surface area contributed by atoms with Gasteiger partial charge in [-0.1, -0.05) is 253 Å². The van der Waals surface area contributed by atoms with Crippen molar-refractivity contribution in [2.24, 2.45) is 0 Å². The number of unbranched alkanes of at least 4 members (excludes halogenated alkanes) is 31. The molecule has 0 saturated carbocycles. The van der Waals surface area contributed by atoms with Gasteiger partial charge in [-0.25, -0.2) is 0 Å². The lowest BCUT2D eigenvalue weighted by atomic mass is 10.1. The highest BCUT2D eigenvalue weighted by molar-refractivity contribution is 5.48. The molecule has 0 aliphatic heterocycles. The van der Waals surface area contributed by atoms with Crippen LogP contribution in [-0.4, -0.2) is 18.0 Å². The zero-order valence-corrected chi connectivity index (χ0v) is 38.6. The number of aliphatic hydroxyl groups excluding tert-OH is 1. The SMILES string of the molecule is C.CCCC/C=C\CCCCCCCCCC.CCCC/C=C\CCCCCCCCCCO.CCCCCC.CCCCCCCCCCC=O.[Br-]. The lowest BCUT2D eigenvalue weighted by Gasteiger charge is -2.00. The van der Waals surface area contributed by atoms with Crippen molar-refractivity contribution >= 4 is 6.29 Å².